The van der Waals surface area contributed by atoms with Gasteiger partial charge in [0.25, 0.3) is 0 Å². The van der Waals surface area contributed by atoms with Crippen LogP contribution in [0.4, 0.5) is 0 Å². The summed E-state index contributed by atoms with van der Waals surface area (Å²) >= 11 is 0. The average Bonchev–Trinajstić information content (AvgIpc) is 1.61. The van der Waals surface area contributed by atoms with Gasteiger partial charge < -0.3 is 5.73 Å². The van der Waals surface area contributed by atoms with Gasteiger partial charge >= 0.3 is 0 Å². The van der Waals surface area contributed by atoms with Crippen LogP contribution in [0.3, 0.4) is 0 Å². The molecule has 0 aromatic carbocycles. The van der Waals surface area contributed by atoms with Gasteiger partial charge in [-0.25, -0.2) is 0 Å². The smallest absolute Gasteiger partial charge is 0.0197 e. The summed E-state index contributed by atoms with van der Waals surface area (Å²) in [5.74, 6) is 0. The first-order valence-electron chi connectivity index (χ1n) is 2.72. The molecule has 1 unspecified atom stereocenters. The Morgan fingerprint density at radius 2 is 2.25 bits per heavy atom. The summed E-state index contributed by atoms with van der Waals surface area (Å²) < 4.78 is 0. The van der Waals surface area contributed by atoms with Gasteiger partial charge in [0.2, 0.25) is 0 Å². The number of hydrogen-bond donors (Lipinski definition) is 1. The third kappa shape index (κ3) is 5.44. The van der Waals surface area contributed by atoms with Crippen molar-refractivity contribution in [1.29, 1.82) is 0 Å². The zero-order chi connectivity index (χ0) is 6.57. The number of rotatable bonds is 2. The topological polar surface area (TPSA) is 26.0 Å². The maximum Gasteiger partial charge on any atom is 0.0197 e. The Hall–Kier alpha value is -0.560. The van der Waals surface area contributed by atoms with Crippen LogP contribution in [-0.4, -0.2) is 6.04 Å². The van der Waals surface area contributed by atoms with Gasteiger partial charge in [-0.1, -0.05) is 24.3 Å². The van der Waals surface area contributed by atoms with Gasteiger partial charge in [0.1, 0.15) is 0 Å². The van der Waals surface area contributed by atoms with Crippen LogP contribution < -0.4 is 5.73 Å². The normalized spacial score (nSPS) is 14.4. The molecule has 0 heterocycles. The molecule has 0 rings (SSSR count). The van der Waals surface area contributed by atoms with Crippen LogP contribution in [0.1, 0.15) is 13.8 Å². The number of hydrogen-bond acceptors (Lipinski definition) is 1. The Kier molecular flexibility index (Phi) is 3.20. The summed E-state index contributed by atoms with van der Waals surface area (Å²) in [6.45, 7) is 7.56. The molecule has 0 bridgehead atoms. The Bertz CT molecular complexity index is 101. The second-order valence-corrected chi connectivity index (χ2v) is 2.06. The molecule has 8 heavy (non-hydrogen) atoms. The molecule has 0 aliphatic heterocycles. The highest BCUT2D eigenvalue weighted by Gasteiger charge is 1.80. The first-order chi connectivity index (χ1) is 3.63. The molecule has 0 radical (unpaired) electrons. The van der Waals surface area contributed by atoms with E-state index in [1.165, 1.54) is 0 Å². The van der Waals surface area contributed by atoms with Crippen molar-refractivity contribution in [2.75, 3.05) is 0 Å². The molecule has 0 aromatic rings. The van der Waals surface area contributed by atoms with Crippen molar-refractivity contribution >= 4 is 0 Å². The summed E-state index contributed by atoms with van der Waals surface area (Å²) in [6, 6.07) is 0.145. The average molecular weight is 111 g/mol. The summed E-state index contributed by atoms with van der Waals surface area (Å²) in [4.78, 5) is 0. The second kappa shape index (κ2) is 3.44. The molecular weight excluding hydrogens is 98.1 g/mol. The van der Waals surface area contributed by atoms with Crippen molar-refractivity contribution in [3.05, 3.63) is 24.3 Å². The molecule has 0 aliphatic rings. The quantitative estimate of drug-likeness (QED) is 0.536. The molecule has 1 heteroatoms. The van der Waals surface area contributed by atoms with Crippen LogP contribution in [0.15, 0.2) is 24.3 Å². The van der Waals surface area contributed by atoms with Gasteiger partial charge in [-0.3, -0.25) is 0 Å². The molecule has 0 aliphatic carbocycles. The lowest BCUT2D eigenvalue weighted by Crippen LogP contribution is -2.09. The van der Waals surface area contributed by atoms with Crippen LogP contribution in [-0.2, 0) is 0 Å². The Morgan fingerprint density at radius 3 is 2.38 bits per heavy atom. The van der Waals surface area contributed by atoms with E-state index in [0.29, 0.717) is 0 Å². The minimum atomic E-state index is 0.145. The predicted molar refractivity (Wildman–Crippen MR) is 37.6 cm³/mol. The van der Waals surface area contributed by atoms with E-state index in [0.717, 1.165) is 5.57 Å². The minimum Gasteiger partial charge on any atom is -0.325 e. The molecule has 0 amide bonds. The Labute approximate surface area is 50.9 Å². The fourth-order valence-electron chi connectivity index (χ4n) is 0.316. The van der Waals surface area contributed by atoms with Crippen LogP contribution in [0, 0.1) is 0 Å². The van der Waals surface area contributed by atoms with Crippen molar-refractivity contribution in [3.63, 3.8) is 0 Å². The van der Waals surface area contributed by atoms with Gasteiger partial charge in [0.15, 0.2) is 0 Å². The maximum atomic E-state index is 5.41. The standard InChI is InChI=1S/C7H13N/c1-6(2)4-5-7(3)8/h4-5,7H,1,8H2,2-3H3/b5-4+. The molecule has 0 saturated carbocycles. The van der Waals surface area contributed by atoms with Crippen molar-refractivity contribution < 1.29 is 0 Å². The molecule has 0 fully saturated rings. The highest BCUT2D eigenvalue weighted by Crippen LogP contribution is 1.89. The molecule has 1 atom stereocenters. The van der Waals surface area contributed by atoms with Gasteiger partial charge in [-0.2, -0.15) is 0 Å². The summed E-state index contributed by atoms with van der Waals surface area (Å²) in [6.07, 6.45) is 3.84. The fraction of sp³-hybridized carbons (Fsp3) is 0.429. The molecule has 0 aromatic heterocycles. The third-order valence-corrected chi connectivity index (χ3v) is 0.684. The monoisotopic (exact) mass is 111 g/mol. The molecular formula is C7H13N. The molecule has 2 N–H and O–H groups in total. The highest BCUT2D eigenvalue weighted by molar-refractivity contribution is 5.12. The molecule has 0 saturated heterocycles. The number of nitrogens with two attached hydrogens (primary N) is 1. The zero-order valence-electron chi connectivity index (χ0n) is 5.52. The van der Waals surface area contributed by atoms with Crippen molar-refractivity contribution in [2.24, 2.45) is 5.73 Å². The van der Waals surface area contributed by atoms with Crippen molar-refractivity contribution in [2.45, 2.75) is 19.9 Å². The van der Waals surface area contributed by atoms with E-state index in [9.17, 15) is 0 Å². The molecule has 46 valence electrons. The maximum absolute atomic E-state index is 5.41. The first-order valence-corrected chi connectivity index (χ1v) is 2.72. The lowest BCUT2D eigenvalue weighted by Gasteiger charge is -1.92. The van der Waals surface area contributed by atoms with E-state index in [4.69, 9.17) is 5.73 Å². The van der Waals surface area contributed by atoms with Gasteiger partial charge in [-0.15, -0.1) is 0 Å². The second-order valence-electron chi connectivity index (χ2n) is 2.06. The lowest BCUT2D eigenvalue weighted by molar-refractivity contribution is 0.925. The largest absolute Gasteiger partial charge is 0.325 e. The van der Waals surface area contributed by atoms with E-state index in [1.807, 2.05) is 26.0 Å². The van der Waals surface area contributed by atoms with E-state index < -0.39 is 0 Å². The van der Waals surface area contributed by atoms with Crippen LogP contribution in [0.25, 0.3) is 0 Å². The molecule has 0 spiro atoms. The minimum absolute atomic E-state index is 0.145. The van der Waals surface area contributed by atoms with Crippen LogP contribution in [0.5, 0.6) is 0 Å². The van der Waals surface area contributed by atoms with Crippen molar-refractivity contribution in [1.82, 2.24) is 0 Å². The Morgan fingerprint density at radius 1 is 1.75 bits per heavy atom. The van der Waals surface area contributed by atoms with Crippen LogP contribution in [0.2, 0.25) is 0 Å². The summed E-state index contributed by atoms with van der Waals surface area (Å²) in [7, 11) is 0. The van der Waals surface area contributed by atoms with Gasteiger partial charge in [-0.05, 0) is 13.8 Å². The summed E-state index contributed by atoms with van der Waals surface area (Å²) in [5, 5.41) is 0. The SMILES string of the molecule is C=C(C)/C=C/C(C)N. The lowest BCUT2D eigenvalue weighted by atomic mass is 10.2. The van der Waals surface area contributed by atoms with E-state index >= 15 is 0 Å². The Balaban J connectivity index is 3.50. The van der Waals surface area contributed by atoms with E-state index in [-0.39, 0.29) is 6.04 Å². The predicted octanol–water partition coefficient (Wildman–Crippen LogP) is 1.47. The van der Waals surface area contributed by atoms with Crippen LogP contribution >= 0.6 is 0 Å². The van der Waals surface area contributed by atoms with E-state index in [1.54, 1.807) is 0 Å². The molecule has 1 nitrogen and oxygen atoms in total. The van der Waals surface area contributed by atoms with Gasteiger partial charge in [0.05, 0.1) is 0 Å². The highest BCUT2D eigenvalue weighted by atomic mass is 14.6. The first kappa shape index (κ1) is 7.44. The third-order valence-electron chi connectivity index (χ3n) is 0.684. The fourth-order valence-corrected chi connectivity index (χ4v) is 0.316. The van der Waals surface area contributed by atoms with Crippen molar-refractivity contribution in [3.8, 4) is 0 Å². The van der Waals surface area contributed by atoms with E-state index in [2.05, 4.69) is 6.58 Å². The number of allylic oxidation sites excluding steroid dienone is 2. The summed E-state index contributed by atoms with van der Waals surface area (Å²) in [5.41, 5.74) is 6.46. The zero-order valence-corrected chi connectivity index (χ0v) is 5.52. The van der Waals surface area contributed by atoms with Gasteiger partial charge in [0, 0.05) is 6.04 Å².